The van der Waals surface area contributed by atoms with Gasteiger partial charge in [0.1, 0.15) is 0 Å². The van der Waals surface area contributed by atoms with E-state index < -0.39 is 0 Å². The van der Waals surface area contributed by atoms with E-state index in [2.05, 4.69) is 10.3 Å². The number of carbonyl (C=O) groups is 1. The van der Waals surface area contributed by atoms with Crippen LogP contribution in [0.4, 0.5) is 5.82 Å². The van der Waals surface area contributed by atoms with Crippen LogP contribution in [0.25, 0.3) is 0 Å². The summed E-state index contributed by atoms with van der Waals surface area (Å²) < 4.78 is 1.51. The van der Waals surface area contributed by atoms with E-state index >= 15 is 0 Å². The molecule has 0 bridgehead atoms. The summed E-state index contributed by atoms with van der Waals surface area (Å²) in [5.74, 6) is 0.579. The zero-order valence-electron chi connectivity index (χ0n) is 13.2. The highest BCUT2D eigenvalue weighted by atomic mass is 16.2. The lowest BCUT2D eigenvalue weighted by atomic mass is 9.93. The minimum atomic E-state index is -0.336. The van der Waals surface area contributed by atoms with Gasteiger partial charge >= 0.3 is 0 Å². The van der Waals surface area contributed by atoms with Crippen molar-refractivity contribution in [3.8, 4) is 0 Å². The van der Waals surface area contributed by atoms with E-state index in [1.54, 1.807) is 19.4 Å². The molecule has 0 unspecified atom stereocenters. The number of hydrogen-bond acceptors (Lipinski definition) is 4. The first-order valence-corrected chi connectivity index (χ1v) is 7.36. The molecule has 0 aliphatic carbocycles. The number of aryl methyl sites for hydroxylation is 1. The van der Waals surface area contributed by atoms with Crippen molar-refractivity contribution in [1.82, 2.24) is 14.5 Å². The number of carbonyl (C=O) groups excluding carboxylic acids is 1. The molecule has 0 aromatic carbocycles. The number of piperidine rings is 1. The smallest absolute Gasteiger partial charge is 0.293 e. The maximum Gasteiger partial charge on any atom is 0.293 e. The molecule has 2 rings (SSSR count). The molecule has 0 atom stereocenters. The van der Waals surface area contributed by atoms with Gasteiger partial charge in [-0.15, -0.1) is 0 Å². The van der Waals surface area contributed by atoms with E-state index in [9.17, 15) is 9.59 Å². The number of aromatic nitrogens is 2. The topological polar surface area (TPSA) is 67.2 Å². The lowest BCUT2D eigenvalue weighted by Gasteiger charge is -2.36. The number of nitrogens with zero attached hydrogens (tertiary/aromatic N) is 3. The molecule has 1 aromatic rings. The normalized spacial score (nSPS) is 16.9. The summed E-state index contributed by atoms with van der Waals surface area (Å²) in [6, 6.07) is 0.191. The maximum atomic E-state index is 12.2. The predicted octanol–water partition coefficient (Wildman–Crippen LogP) is 1.23. The highest BCUT2D eigenvalue weighted by Gasteiger charge is 2.30. The highest BCUT2D eigenvalue weighted by molar-refractivity contribution is 5.81. The Morgan fingerprint density at radius 3 is 2.52 bits per heavy atom. The van der Waals surface area contributed by atoms with E-state index in [-0.39, 0.29) is 22.9 Å². The van der Waals surface area contributed by atoms with Crippen LogP contribution >= 0.6 is 0 Å². The van der Waals surface area contributed by atoms with E-state index in [4.69, 9.17) is 0 Å². The Bertz CT molecular complexity index is 566. The fraction of sp³-hybridized carbons (Fsp3) is 0.667. The summed E-state index contributed by atoms with van der Waals surface area (Å²) in [7, 11) is 1.71. The molecule has 1 saturated heterocycles. The van der Waals surface area contributed by atoms with Crippen LogP contribution in [-0.2, 0) is 11.8 Å². The van der Waals surface area contributed by atoms with Gasteiger partial charge in [0.15, 0.2) is 5.82 Å². The Balaban J connectivity index is 1.94. The minimum absolute atomic E-state index is 0.120. The first kappa shape index (κ1) is 15.5. The Morgan fingerprint density at radius 1 is 1.33 bits per heavy atom. The maximum absolute atomic E-state index is 12.2. The lowest BCUT2D eigenvalue weighted by Crippen LogP contribution is -2.47. The molecule has 21 heavy (non-hydrogen) atoms. The second kappa shape index (κ2) is 5.87. The van der Waals surface area contributed by atoms with Gasteiger partial charge in [-0.05, 0) is 12.8 Å². The van der Waals surface area contributed by atoms with Crippen LogP contribution in [0.1, 0.15) is 33.6 Å². The monoisotopic (exact) mass is 292 g/mol. The Kier molecular flexibility index (Phi) is 4.34. The number of amides is 1. The van der Waals surface area contributed by atoms with Crippen LogP contribution in [0, 0.1) is 5.41 Å². The minimum Gasteiger partial charge on any atom is -0.363 e. The van der Waals surface area contributed by atoms with Crippen molar-refractivity contribution < 1.29 is 4.79 Å². The van der Waals surface area contributed by atoms with E-state index in [1.165, 1.54) is 4.57 Å². The van der Waals surface area contributed by atoms with Crippen molar-refractivity contribution in [1.29, 1.82) is 0 Å². The molecule has 1 aliphatic rings. The van der Waals surface area contributed by atoms with Gasteiger partial charge in [-0.2, -0.15) is 0 Å². The molecule has 116 valence electrons. The third kappa shape index (κ3) is 3.62. The van der Waals surface area contributed by atoms with Gasteiger partial charge in [-0.1, -0.05) is 20.8 Å². The highest BCUT2D eigenvalue weighted by Crippen LogP contribution is 2.21. The summed E-state index contributed by atoms with van der Waals surface area (Å²) in [5, 5.41) is 3.21. The molecular formula is C15H24N4O2. The Hall–Kier alpha value is -1.85. The number of rotatable bonds is 2. The van der Waals surface area contributed by atoms with Gasteiger partial charge in [0.05, 0.1) is 0 Å². The predicted molar refractivity (Wildman–Crippen MR) is 82.2 cm³/mol. The summed E-state index contributed by atoms with van der Waals surface area (Å²) in [5.41, 5.74) is -0.456. The van der Waals surface area contributed by atoms with E-state index in [1.807, 2.05) is 25.7 Å². The van der Waals surface area contributed by atoms with Crippen LogP contribution in [0.15, 0.2) is 17.2 Å². The Morgan fingerprint density at radius 2 is 1.95 bits per heavy atom. The standard InChI is InChI=1S/C15H24N4O2/c1-15(2,3)14(21)19-8-5-11(6-9-19)17-12-13(20)18(4)10-7-16-12/h7,10-11H,5-6,8-9H2,1-4H3,(H,16,17). The number of nitrogens with one attached hydrogen (secondary N) is 1. The fourth-order valence-electron chi connectivity index (χ4n) is 2.49. The van der Waals surface area contributed by atoms with Crippen molar-refractivity contribution in [2.75, 3.05) is 18.4 Å². The molecule has 1 aromatic heterocycles. The lowest BCUT2D eigenvalue weighted by molar-refractivity contribution is -0.140. The van der Waals surface area contributed by atoms with Gasteiger partial charge in [-0.3, -0.25) is 9.59 Å². The SMILES string of the molecule is Cn1ccnc(NC2CCN(C(=O)C(C)(C)C)CC2)c1=O. The summed E-state index contributed by atoms with van der Waals surface area (Å²) in [6.45, 7) is 7.27. The zero-order valence-corrected chi connectivity index (χ0v) is 13.2. The van der Waals surface area contributed by atoms with Gasteiger partial charge < -0.3 is 14.8 Å². The van der Waals surface area contributed by atoms with Gasteiger partial charge in [0.2, 0.25) is 5.91 Å². The summed E-state index contributed by atoms with van der Waals surface area (Å²) in [6.07, 6.45) is 4.92. The quantitative estimate of drug-likeness (QED) is 0.890. The molecule has 0 radical (unpaired) electrons. The Labute approximate surface area is 125 Å². The van der Waals surface area contributed by atoms with Crippen LogP contribution in [-0.4, -0.2) is 39.5 Å². The molecule has 2 heterocycles. The molecule has 6 nitrogen and oxygen atoms in total. The van der Waals surface area contributed by atoms with Crippen molar-refractivity contribution in [3.05, 3.63) is 22.7 Å². The van der Waals surface area contributed by atoms with E-state index in [0.717, 1.165) is 25.9 Å². The molecular weight excluding hydrogens is 268 g/mol. The molecule has 1 fully saturated rings. The summed E-state index contributed by atoms with van der Waals surface area (Å²) in [4.78, 5) is 30.2. The zero-order chi connectivity index (χ0) is 15.6. The number of anilines is 1. The first-order chi connectivity index (χ1) is 9.79. The molecule has 6 heteroatoms. The molecule has 1 amide bonds. The second-order valence-corrected chi connectivity index (χ2v) is 6.65. The molecule has 1 N–H and O–H groups in total. The van der Waals surface area contributed by atoms with Crippen molar-refractivity contribution in [2.24, 2.45) is 12.5 Å². The molecule has 1 aliphatic heterocycles. The van der Waals surface area contributed by atoms with Crippen LogP contribution in [0.5, 0.6) is 0 Å². The first-order valence-electron chi connectivity index (χ1n) is 7.36. The summed E-state index contributed by atoms with van der Waals surface area (Å²) >= 11 is 0. The van der Waals surface area contributed by atoms with Gasteiger partial charge in [0, 0.05) is 44.0 Å². The third-order valence-electron chi connectivity index (χ3n) is 3.78. The second-order valence-electron chi connectivity index (χ2n) is 6.65. The third-order valence-corrected chi connectivity index (χ3v) is 3.78. The van der Waals surface area contributed by atoms with E-state index in [0.29, 0.717) is 5.82 Å². The van der Waals surface area contributed by atoms with Gasteiger partial charge in [-0.25, -0.2) is 4.98 Å². The van der Waals surface area contributed by atoms with Crippen molar-refractivity contribution in [3.63, 3.8) is 0 Å². The number of hydrogen-bond donors (Lipinski definition) is 1. The average Bonchev–Trinajstić information content (AvgIpc) is 2.43. The average molecular weight is 292 g/mol. The van der Waals surface area contributed by atoms with Crippen LogP contribution < -0.4 is 10.9 Å². The van der Waals surface area contributed by atoms with Crippen molar-refractivity contribution >= 4 is 11.7 Å². The largest absolute Gasteiger partial charge is 0.363 e. The van der Waals surface area contributed by atoms with Crippen LogP contribution in [0.2, 0.25) is 0 Å². The molecule has 0 spiro atoms. The number of likely N-dealkylation sites (tertiary alicyclic amines) is 1. The van der Waals surface area contributed by atoms with Gasteiger partial charge in [0.25, 0.3) is 5.56 Å². The van der Waals surface area contributed by atoms with Crippen LogP contribution in [0.3, 0.4) is 0 Å². The fourth-order valence-corrected chi connectivity index (χ4v) is 2.49. The molecule has 0 saturated carbocycles. The van der Waals surface area contributed by atoms with Crippen molar-refractivity contribution in [2.45, 2.75) is 39.7 Å².